The van der Waals surface area contributed by atoms with E-state index >= 15 is 0 Å². The van der Waals surface area contributed by atoms with Crippen LogP contribution in [0.2, 0.25) is 0 Å². The minimum Gasteiger partial charge on any atom is -0.489 e. The lowest BCUT2D eigenvalue weighted by atomic mass is 10.1. The SMILES string of the molecule is C=CCOc1cccc(-n2c(/C=C/c3ccc(C#N)cc3)nc3ccccc3c2=O)c1. The largest absolute Gasteiger partial charge is 0.489 e. The summed E-state index contributed by atoms with van der Waals surface area (Å²) in [5, 5.41) is 9.51. The summed E-state index contributed by atoms with van der Waals surface area (Å²) in [6, 6.07) is 23.9. The van der Waals surface area contributed by atoms with E-state index in [-0.39, 0.29) is 5.56 Å². The number of ether oxygens (including phenoxy) is 1. The van der Waals surface area contributed by atoms with Gasteiger partial charge in [0.2, 0.25) is 0 Å². The molecule has 0 aliphatic rings. The van der Waals surface area contributed by atoms with Crippen LogP contribution in [0.15, 0.2) is 90.2 Å². The van der Waals surface area contributed by atoms with Crippen molar-refractivity contribution in [3.05, 3.63) is 113 Å². The van der Waals surface area contributed by atoms with E-state index in [1.165, 1.54) is 0 Å². The topological polar surface area (TPSA) is 67.9 Å². The molecule has 0 aliphatic carbocycles. The average Bonchev–Trinajstić information content (AvgIpc) is 2.82. The smallest absolute Gasteiger partial charge is 0.266 e. The molecule has 0 saturated carbocycles. The summed E-state index contributed by atoms with van der Waals surface area (Å²) in [5.74, 6) is 1.13. The predicted molar refractivity (Wildman–Crippen MR) is 123 cm³/mol. The maximum Gasteiger partial charge on any atom is 0.266 e. The zero-order valence-corrected chi connectivity index (χ0v) is 16.7. The number of fused-ring (bicyclic) bond motifs is 1. The summed E-state index contributed by atoms with van der Waals surface area (Å²) in [7, 11) is 0. The van der Waals surface area contributed by atoms with Gasteiger partial charge in [0.1, 0.15) is 18.2 Å². The fourth-order valence-corrected chi connectivity index (χ4v) is 3.22. The Morgan fingerprint density at radius 2 is 1.84 bits per heavy atom. The van der Waals surface area contributed by atoms with Crippen LogP contribution < -0.4 is 10.3 Å². The first-order chi connectivity index (χ1) is 15.2. The predicted octanol–water partition coefficient (Wildman–Crippen LogP) is 4.99. The van der Waals surface area contributed by atoms with Gasteiger partial charge in [0.05, 0.1) is 28.2 Å². The molecular weight excluding hydrogens is 386 g/mol. The first-order valence-corrected chi connectivity index (χ1v) is 9.74. The molecular formula is C26H19N3O2. The van der Waals surface area contributed by atoms with E-state index in [0.717, 1.165) is 5.56 Å². The molecule has 4 rings (SSSR count). The van der Waals surface area contributed by atoms with E-state index in [2.05, 4.69) is 12.6 Å². The second-order valence-corrected chi connectivity index (χ2v) is 6.79. The third-order valence-electron chi connectivity index (χ3n) is 4.71. The van der Waals surface area contributed by atoms with Gasteiger partial charge in [0.25, 0.3) is 5.56 Å². The molecule has 31 heavy (non-hydrogen) atoms. The lowest BCUT2D eigenvalue weighted by Crippen LogP contribution is -2.22. The number of nitriles is 1. The quantitative estimate of drug-likeness (QED) is 0.424. The molecule has 1 heterocycles. The molecule has 0 unspecified atom stereocenters. The maximum atomic E-state index is 13.4. The van der Waals surface area contributed by atoms with Gasteiger partial charge in [0, 0.05) is 6.07 Å². The highest BCUT2D eigenvalue weighted by Crippen LogP contribution is 2.20. The minimum absolute atomic E-state index is 0.161. The van der Waals surface area contributed by atoms with Gasteiger partial charge in [-0.3, -0.25) is 9.36 Å². The highest BCUT2D eigenvalue weighted by atomic mass is 16.5. The van der Waals surface area contributed by atoms with Gasteiger partial charge in [-0.15, -0.1) is 0 Å². The molecule has 0 bridgehead atoms. The summed E-state index contributed by atoms with van der Waals surface area (Å²) in [6.07, 6.45) is 5.33. The second-order valence-electron chi connectivity index (χ2n) is 6.79. The lowest BCUT2D eigenvalue weighted by Gasteiger charge is -2.13. The van der Waals surface area contributed by atoms with Gasteiger partial charge in [-0.1, -0.05) is 49.1 Å². The zero-order chi connectivity index (χ0) is 21.6. The van der Waals surface area contributed by atoms with Crippen molar-refractivity contribution in [2.45, 2.75) is 0 Å². The van der Waals surface area contributed by atoms with Gasteiger partial charge < -0.3 is 4.74 Å². The number of aromatic nitrogens is 2. The molecule has 0 atom stereocenters. The van der Waals surface area contributed by atoms with Gasteiger partial charge in [-0.05, 0) is 48.0 Å². The van der Waals surface area contributed by atoms with E-state index in [1.54, 1.807) is 41.0 Å². The fraction of sp³-hybridized carbons (Fsp3) is 0.0385. The molecule has 3 aromatic carbocycles. The Morgan fingerprint density at radius 3 is 2.61 bits per heavy atom. The van der Waals surface area contributed by atoms with E-state index < -0.39 is 0 Å². The standard InChI is InChI=1S/C26H19N3O2/c1-2-16-31-22-7-5-6-21(17-22)29-25(15-14-19-10-12-20(18-27)13-11-19)28-24-9-4-3-8-23(24)26(29)30/h2-15,17H,1,16H2/b15-14+. The van der Waals surface area contributed by atoms with Crippen molar-refractivity contribution in [2.75, 3.05) is 6.61 Å². The first-order valence-electron chi connectivity index (χ1n) is 9.74. The molecule has 0 spiro atoms. The fourth-order valence-electron chi connectivity index (χ4n) is 3.22. The summed E-state index contributed by atoms with van der Waals surface area (Å²) in [4.78, 5) is 18.1. The van der Waals surface area contributed by atoms with Crippen molar-refractivity contribution in [2.24, 2.45) is 0 Å². The molecule has 0 aliphatic heterocycles. The van der Waals surface area contributed by atoms with Crippen LogP contribution in [0, 0.1) is 11.3 Å². The highest BCUT2D eigenvalue weighted by Gasteiger charge is 2.11. The summed E-state index contributed by atoms with van der Waals surface area (Å²) in [5.41, 5.74) is 2.61. The molecule has 0 radical (unpaired) electrons. The van der Waals surface area contributed by atoms with Crippen molar-refractivity contribution in [1.82, 2.24) is 9.55 Å². The summed E-state index contributed by atoms with van der Waals surface area (Å²) < 4.78 is 7.21. The van der Waals surface area contributed by atoms with Crippen LogP contribution in [0.5, 0.6) is 5.75 Å². The van der Waals surface area contributed by atoms with Crippen molar-refractivity contribution < 1.29 is 4.74 Å². The van der Waals surface area contributed by atoms with Crippen LogP contribution in [-0.4, -0.2) is 16.2 Å². The van der Waals surface area contributed by atoms with Crippen molar-refractivity contribution in [3.8, 4) is 17.5 Å². The zero-order valence-electron chi connectivity index (χ0n) is 16.7. The van der Waals surface area contributed by atoms with Crippen LogP contribution in [0.4, 0.5) is 0 Å². The molecule has 1 aromatic heterocycles. The Labute approximate surface area is 179 Å². The number of hydrogen-bond acceptors (Lipinski definition) is 4. The first kappa shape index (κ1) is 19.9. The number of para-hydroxylation sites is 1. The minimum atomic E-state index is -0.161. The molecule has 0 saturated heterocycles. The van der Waals surface area contributed by atoms with Gasteiger partial charge >= 0.3 is 0 Å². The summed E-state index contributed by atoms with van der Waals surface area (Å²) >= 11 is 0. The van der Waals surface area contributed by atoms with Gasteiger partial charge in [-0.2, -0.15) is 5.26 Å². The van der Waals surface area contributed by atoms with Crippen LogP contribution in [0.1, 0.15) is 17.0 Å². The number of rotatable bonds is 6. The van der Waals surface area contributed by atoms with Crippen molar-refractivity contribution in [3.63, 3.8) is 0 Å². The Kier molecular flexibility index (Phi) is 5.72. The van der Waals surface area contributed by atoms with Gasteiger partial charge in [0.15, 0.2) is 0 Å². The molecule has 150 valence electrons. The summed E-state index contributed by atoms with van der Waals surface area (Å²) in [6.45, 7) is 4.04. The highest BCUT2D eigenvalue weighted by molar-refractivity contribution is 5.80. The molecule has 0 fully saturated rings. The van der Waals surface area contributed by atoms with Crippen LogP contribution in [0.25, 0.3) is 28.7 Å². The molecule has 4 aromatic rings. The molecule has 0 amide bonds. The lowest BCUT2D eigenvalue weighted by molar-refractivity contribution is 0.363. The Bertz CT molecular complexity index is 1380. The average molecular weight is 405 g/mol. The van der Waals surface area contributed by atoms with Crippen LogP contribution in [-0.2, 0) is 0 Å². The van der Waals surface area contributed by atoms with E-state index in [4.69, 9.17) is 15.0 Å². The molecule has 5 nitrogen and oxygen atoms in total. The van der Waals surface area contributed by atoms with E-state index in [9.17, 15) is 4.79 Å². The Morgan fingerprint density at radius 1 is 1.03 bits per heavy atom. The Hall–Kier alpha value is -4.43. The van der Waals surface area contributed by atoms with E-state index in [1.807, 2.05) is 54.6 Å². The van der Waals surface area contributed by atoms with Crippen molar-refractivity contribution in [1.29, 1.82) is 5.26 Å². The third kappa shape index (κ3) is 4.29. The third-order valence-corrected chi connectivity index (χ3v) is 4.71. The van der Waals surface area contributed by atoms with Crippen LogP contribution in [0.3, 0.4) is 0 Å². The van der Waals surface area contributed by atoms with E-state index in [0.29, 0.717) is 40.3 Å². The Balaban J connectivity index is 1.86. The second kappa shape index (κ2) is 8.93. The van der Waals surface area contributed by atoms with Gasteiger partial charge in [-0.25, -0.2) is 4.98 Å². The maximum absolute atomic E-state index is 13.4. The number of hydrogen-bond donors (Lipinski definition) is 0. The number of benzene rings is 3. The van der Waals surface area contributed by atoms with Crippen LogP contribution >= 0.6 is 0 Å². The monoisotopic (exact) mass is 405 g/mol. The van der Waals surface area contributed by atoms with Crippen molar-refractivity contribution >= 4 is 23.1 Å². The normalized spacial score (nSPS) is 10.8. The molecule has 5 heteroatoms. The number of nitrogens with zero attached hydrogens (tertiary/aromatic N) is 3. The molecule has 0 N–H and O–H groups in total.